The van der Waals surface area contributed by atoms with Crippen LogP contribution in [0.4, 0.5) is 0 Å². The van der Waals surface area contributed by atoms with Gasteiger partial charge in [0.1, 0.15) is 16.8 Å². The lowest BCUT2D eigenvalue weighted by Crippen LogP contribution is -2.29. The maximum Gasteiger partial charge on any atom is 0.331 e. The van der Waals surface area contributed by atoms with E-state index in [-0.39, 0.29) is 18.0 Å². The van der Waals surface area contributed by atoms with Crippen LogP contribution in [0, 0.1) is 33.1 Å². The van der Waals surface area contributed by atoms with Crippen molar-refractivity contribution in [2.45, 2.75) is 73.8 Å². The molecule has 0 radical (unpaired) electrons. The first-order valence-electron chi connectivity index (χ1n) is 13.0. The van der Waals surface area contributed by atoms with Gasteiger partial charge in [-0.15, -0.1) is 0 Å². The second-order valence-corrected chi connectivity index (χ2v) is 11.1. The molecule has 1 N–H and O–H groups in total. The number of carboxylic acids is 1. The molecule has 0 bridgehead atoms. The Morgan fingerprint density at radius 3 is 1.97 bits per heavy atom. The van der Waals surface area contributed by atoms with Crippen molar-refractivity contribution in [3.8, 4) is 5.75 Å². The number of allylic oxidation sites excluding steroid dienone is 3. The van der Waals surface area contributed by atoms with Crippen LogP contribution in [0.1, 0.15) is 73.1 Å². The predicted molar refractivity (Wildman–Crippen MR) is 152 cm³/mol. The maximum atomic E-state index is 13.2. The number of carbonyl (C=O) groups is 3. The number of aryl methyl sites for hydroxylation is 4. The molecule has 206 valence electrons. The number of benzene rings is 2. The highest BCUT2D eigenvalue weighted by Gasteiger charge is 2.31. The van der Waals surface area contributed by atoms with Crippen LogP contribution in [0.5, 0.6) is 5.75 Å². The lowest BCUT2D eigenvalue weighted by Gasteiger charge is -2.29. The van der Waals surface area contributed by atoms with Gasteiger partial charge in [0.05, 0.1) is 0 Å². The Balaban J connectivity index is 1.83. The lowest BCUT2D eigenvalue weighted by atomic mass is 9.86. The standard InChI is InChI=1S/C33H38O6/c1-20-15-25(16-21(2)28(20)32(6,7)39-24(5)34)19-26-17-22(3)29(23(4)18-26)38-31(37)33(8)13-9-11-27(30(35)36)12-10-14-33/h9-11,13-18H,12,19H2,1-8H3,(H,35,36)/b13-9-,14-10?,27-11-. The molecular formula is C33H38O6. The maximum absolute atomic E-state index is 13.2. The van der Waals surface area contributed by atoms with E-state index in [0.29, 0.717) is 12.2 Å². The largest absolute Gasteiger partial charge is 0.478 e. The molecule has 1 aliphatic carbocycles. The summed E-state index contributed by atoms with van der Waals surface area (Å²) in [6.45, 7) is 14.9. The molecule has 0 spiro atoms. The highest BCUT2D eigenvalue weighted by molar-refractivity contribution is 5.88. The van der Waals surface area contributed by atoms with E-state index in [1.54, 1.807) is 31.2 Å². The summed E-state index contributed by atoms with van der Waals surface area (Å²) in [7, 11) is 0. The molecule has 0 aromatic heterocycles. The summed E-state index contributed by atoms with van der Waals surface area (Å²) in [5.41, 5.74) is 5.61. The molecule has 0 fully saturated rings. The normalized spacial score (nSPS) is 19.3. The van der Waals surface area contributed by atoms with Crippen molar-refractivity contribution in [1.82, 2.24) is 0 Å². The van der Waals surface area contributed by atoms with E-state index in [1.807, 2.05) is 53.7 Å². The zero-order chi connectivity index (χ0) is 29.1. The molecular weight excluding hydrogens is 492 g/mol. The monoisotopic (exact) mass is 530 g/mol. The molecule has 0 saturated heterocycles. The first-order chi connectivity index (χ1) is 18.1. The van der Waals surface area contributed by atoms with Gasteiger partial charge >= 0.3 is 17.9 Å². The van der Waals surface area contributed by atoms with Crippen molar-refractivity contribution < 1.29 is 29.0 Å². The predicted octanol–water partition coefficient (Wildman–Crippen LogP) is 6.75. The average Bonchev–Trinajstić information content (AvgIpc) is 2.76. The summed E-state index contributed by atoms with van der Waals surface area (Å²) in [5, 5.41) is 9.22. The first-order valence-corrected chi connectivity index (χ1v) is 13.0. The highest BCUT2D eigenvalue weighted by Crippen LogP contribution is 2.34. The number of hydrogen-bond acceptors (Lipinski definition) is 5. The Morgan fingerprint density at radius 1 is 0.923 bits per heavy atom. The molecule has 0 aliphatic heterocycles. The van der Waals surface area contributed by atoms with Gasteiger partial charge in [-0.2, -0.15) is 0 Å². The fourth-order valence-electron chi connectivity index (χ4n) is 5.47. The molecule has 39 heavy (non-hydrogen) atoms. The first kappa shape index (κ1) is 29.6. The quantitative estimate of drug-likeness (QED) is 0.242. The second kappa shape index (κ2) is 11.4. The Bertz CT molecular complexity index is 1360. The van der Waals surface area contributed by atoms with Gasteiger partial charge in [-0.1, -0.05) is 54.6 Å². The second-order valence-electron chi connectivity index (χ2n) is 11.1. The van der Waals surface area contributed by atoms with Crippen molar-refractivity contribution >= 4 is 17.9 Å². The number of rotatable bonds is 7. The van der Waals surface area contributed by atoms with E-state index >= 15 is 0 Å². The van der Waals surface area contributed by atoms with E-state index < -0.39 is 23.0 Å². The summed E-state index contributed by atoms with van der Waals surface area (Å²) < 4.78 is 11.5. The molecule has 1 atom stereocenters. The summed E-state index contributed by atoms with van der Waals surface area (Å²) in [4.78, 5) is 36.1. The van der Waals surface area contributed by atoms with Gasteiger partial charge in [-0.25, -0.2) is 4.79 Å². The van der Waals surface area contributed by atoms with Crippen molar-refractivity contribution in [3.63, 3.8) is 0 Å². The van der Waals surface area contributed by atoms with Crippen LogP contribution in [0.25, 0.3) is 0 Å². The summed E-state index contributed by atoms with van der Waals surface area (Å²) in [5.74, 6) is -1.19. The summed E-state index contributed by atoms with van der Waals surface area (Å²) >= 11 is 0. The number of carbonyl (C=O) groups excluding carboxylic acids is 2. The van der Waals surface area contributed by atoms with Gasteiger partial charge < -0.3 is 14.6 Å². The molecule has 3 rings (SSSR count). The summed E-state index contributed by atoms with van der Waals surface area (Å²) in [6, 6.07) is 8.32. The average molecular weight is 531 g/mol. The molecule has 1 unspecified atom stereocenters. The highest BCUT2D eigenvalue weighted by atomic mass is 16.6. The van der Waals surface area contributed by atoms with Crippen LogP contribution < -0.4 is 4.74 Å². The Kier molecular flexibility index (Phi) is 8.69. The Morgan fingerprint density at radius 2 is 1.46 bits per heavy atom. The number of hydrogen-bond donors (Lipinski definition) is 1. The van der Waals surface area contributed by atoms with Gasteiger partial charge in [0, 0.05) is 18.1 Å². The van der Waals surface area contributed by atoms with Gasteiger partial charge in [-0.05, 0) is 94.7 Å². The van der Waals surface area contributed by atoms with Crippen molar-refractivity contribution in [1.29, 1.82) is 0 Å². The van der Waals surface area contributed by atoms with Crippen molar-refractivity contribution in [2.75, 3.05) is 0 Å². The van der Waals surface area contributed by atoms with E-state index in [1.165, 1.54) is 13.0 Å². The number of carboxylic acid groups (broad SMARTS) is 1. The van der Waals surface area contributed by atoms with Crippen LogP contribution >= 0.6 is 0 Å². The number of aliphatic carboxylic acids is 1. The van der Waals surface area contributed by atoms with E-state index in [0.717, 1.165) is 38.9 Å². The molecule has 6 heteroatoms. The molecule has 2 aromatic rings. The Labute approximate surface area is 231 Å². The van der Waals surface area contributed by atoms with Gasteiger partial charge in [-0.3, -0.25) is 9.59 Å². The third-order valence-electron chi connectivity index (χ3n) is 6.97. The van der Waals surface area contributed by atoms with Crippen LogP contribution in [0.2, 0.25) is 0 Å². The zero-order valence-electron chi connectivity index (χ0n) is 24.1. The zero-order valence-corrected chi connectivity index (χ0v) is 24.1. The molecule has 6 nitrogen and oxygen atoms in total. The third-order valence-corrected chi connectivity index (χ3v) is 6.97. The SMILES string of the molecule is CC(=O)OC(C)(C)c1c(C)cc(Cc2cc(C)c(OC(=O)C3(C)C=CC/C(C(=O)O)=C/C=C\3)c(C)c2)cc1C. The molecule has 0 saturated carbocycles. The Hall–Kier alpha value is -3.93. The molecule has 0 heterocycles. The fraction of sp³-hybridized carbons (Fsp3) is 0.364. The minimum absolute atomic E-state index is 0.233. The third kappa shape index (κ3) is 6.94. The topological polar surface area (TPSA) is 89.9 Å². The molecule has 1 aliphatic rings. The van der Waals surface area contributed by atoms with E-state index in [4.69, 9.17) is 9.47 Å². The van der Waals surface area contributed by atoms with Crippen molar-refractivity contribution in [3.05, 3.63) is 99.2 Å². The number of ether oxygens (including phenoxy) is 2. The van der Waals surface area contributed by atoms with Gasteiger partial charge in [0.15, 0.2) is 0 Å². The van der Waals surface area contributed by atoms with Gasteiger partial charge in [0.25, 0.3) is 0 Å². The van der Waals surface area contributed by atoms with E-state index in [2.05, 4.69) is 12.1 Å². The molecule has 2 aromatic carbocycles. The van der Waals surface area contributed by atoms with Crippen LogP contribution in [0.3, 0.4) is 0 Å². The van der Waals surface area contributed by atoms with Crippen LogP contribution in [-0.2, 0) is 31.1 Å². The summed E-state index contributed by atoms with van der Waals surface area (Å²) in [6.07, 6.45) is 9.08. The lowest BCUT2D eigenvalue weighted by molar-refractivity contribution is -0.154. The van der Waals surface area contributed by atoms with Gasteiger partial charge in [0.2, 0.25) is 0 Å². The van der Waals surface area contributed by atoms with Crippen LogP contribution in [-0.4, -0.2) is 23.0 Å². The fourth-order valence-corrected chi connectivity index (χ4v) is 5.47. The smallest absolute Gasteiger partial charge is 0.331 e. The minimum Gasteiger partial charge on any atom is -0.478 e. The molecule has 0 amide bonds. The van der Waals surface area contributed by atoms with Crippen LogP contribution in [0.15, 0.2) is 60.2 Å². The van der Waals surface area contributed by atoms with Crippen molar-refractivity contribution in [2.24, 2.45) is 5.41 Å². The minimum atomic E-state index is -1.02. The number of esters is 2. The van der Waals surface area contributed by atoms with E-state index in [9.17, 15) is 19.5 Å².